The van der Waals surface area contributed by atoms with Crippen molar-refractivity contribution in [3.05, 3.63) is 53.0 Å². The van der Waals surface area contributed by atoms with E-state index in [0.29, 0.717) is 5.69 Å². The van der Waals surface area contributed by atoms with Crippen molar-refractivity contribution in [3.63, 3.8) is 0 Å². The monoisotopic (exact) mass is 231 g/mol. The summed E-state index contributed by atoms with van der Waals surface area (Å²) in [5.74, 6) is -0.471. The molecule has 1 N–H and O–H groups in total. The van der Waals surface area contributed by atoms with Crippen LogP contribution in [0.1, 0.15) is 16.7 Å². The van der Waals surface area contributed by atoms with E-state index in [1.807, 2.05) is 32.0 Å². The van der Waals surface area contributed by atoms with E-state index in [1.54, 1.807) is 6.07 Å². The number of aliphatic hydroxyl groups is 1. The van der Waals surface area contributed by atoms with Crippen molar-refractivity contribution in [3.8, 4) is 11.3 Å². The molecule has 0 aliphatic heterocycles. The SMILES string of the molecule is Cc1cccc(-c2cc(CO)c(F)cn2)c1C. The van der Waals surface area contributed by atoms with E-state index >= 15 is 0 Å². The zero-order valence-electron chi connectivity index (χ0n) is 9.87. The van der Waals surface area contributed by atoms with E-state index in [9.17, 15) is 4.39 Å². The summed E-state index contributed by atoms with van der Waals surface area (Å²) in [5, 5.41) is 9.05. The van der Waals surface area contributed by atoms with Crippen LogP contribution in [0.5, 0.6) is 0 Å². The minimum Gasteiger partial charge on any atom is -0.392 e. The predicted octanol–water partition coefficient (Wildman–Crippen LogP) is 3.00. The second kappa shape index (κ2) is 4.63. The van der Waals surface area contributed by atoms with E-state index in [4.69, 9.17) is 5.11 Å². The highest BCUT2D eigenvalue weighted by Gasteiger charge is 2.08. The fourth-order valence-corrected chi connectivity index (χ4v) is 1.78. The third kappa shape index (κ3) is 2.19. The lowest BCUT2D eigenvalue weighted by Crippen LogP contribution is -1.95. The van der Waals surface area contributed by atoms with Crippen LogP contribution in [-0.4, -0.2) is 10.1 Å². The van der Waals surface area contributed by atoms with E-state index in [1.165, 1.54) is 5.56 Å². The lowest BCUT2D eigenvalue weighted by molar-refractivity contribution is 0.275. The van der Waals surface area contributed by atoms with Gasteiger partial charge in [-0.2, -0.15) is 0 Å². The van der Waals surface area contributed by atoms with Gasteiger partial charge in [0.05, 0.1) is 18.5 Å². The minimum atomic E-state index is -0.471. The van der Waals surface area contributed by atoms with Crippen molar-refractivity contribution < 1.29 is 9.50 Å². The average molecular weight is 231 g/mol. The number of aromatic nitrogens is 1. The summed E-state index contributed by atoms with van der Waals surface area (Å²) < 4.78 is 13.2. The first kappa shape index (κ1) is 11.7. The van der Waals surface area contributed by atoms with Gasteiger partial charge in [-0.05, 0) is 31.0 Å². The maximum absolute atomic E-state index is 13.2. The third-order valence-electron chi connectivity index (χ3n) is 2.99. The van der Waals surface area contributed by atoms with Gasteiger partial charge in [-0.1, -0.05) is 18.2 Å². The highest BCUT2D eigenvalue weighted by Crippen LogP contribution is 2.25. The van der Waals surface area contributed by atoms with Crippen LogP contribution in [0.2, 0.25) is 0 Å². The molecule has 3 heteroatoms. The van der Waals surface area contributed by atoms with Crippen molar-refractivity contribution in [2.24, 2.45) is 0 Å². The summed E-state index contributed by atoms with van der Waals surface area (Å²) in [6, 6.07) is 7.51. The van der Waals surface area contributed by atoms with Gasteiger partial charge in [0.25, 0.3) is 0 Å². The predicted molar refractivity (Wildman–Crippen MR) is 65.0 cm³/mol. The maximum Gasteiger partial charge on any atom is 0.147 e. The van der Waals surface area contributed by atoms with Crippen molar-refractivity contribution in [2.75, 3.05) is 0 Å². The Labute approximate surface area is 99.8 Å². The van der Waals surface area contributed by atoms with E-state index in [2.05, 4.69) is 4.98 Å². The molecule has 17 heavy (non-hydrogen) atoms. The second-order valence-electron chi connectivity index (χ2n) is 4.07. The van der Waals surface area contributed by atoms with Crippen LogP contribution in [0.25, 0.3) is 11.3 Å². The summed E-state index contributed by atoms with van der Waals surface area (Å²) in [4.78, 5) is 4.07. The lowest BCUT2D eigenvalue weighted by atomic mass is 10.00. The smallest absolute Gasteiger partial charge is 0.147 e. The number of aliphatic hydroxyl groups excluding tert-OH is 1. The number of aryl methyl sites for hydroxylation is 1. The van der Waals surface area contributed by atoms with Crippen molar-refractivity contribution in [1.29, 1.82) is 0 Å². The Balaban J connectivity index is 2.57. The molecule has 0 bridgehead atoms. The van der Waals surface area contributed by atoms with Gasteiger partial charge in [0, 0.05) is 11.1 Å². The standard InChI is InChI=1S/C14H14FNO/c1-9-4-3-5-12(10(9)2)14-6-11(8-17)13(15)7-16-14/h3-7,17H,8H2,1-2H3. The summed E-state index contributed by atoms with van der Waals surface area (Å²) in [5.41, 5.74) is 4.22. The highest BCUT2D eigenvalue weighted by molar-refractivity contribution is 5.65. The molecule has 0 unspecified atom stereocenters. The molecule has 1 aromatic carbocycles. The van der Waals surface area contributed by atoms with E-state index < -0.39 is 5.82 Å². The molecule has 0 saturated heterocycles. The molecule has 0 saturated carbocycles. The zero-order valence-corrected chi connectivity index (χ0v) is 9.87. The highest BCUT2D eigenvalue weighted by atomic mass is 19.1. The van der Waals surface area contributed by atoms with Crippen molar-refractivity contribution in [1.82, 2.24) is 4.98 Å². The Kier molecular flexibility index (Phi) is 3.20. The molecular formula is C14H14FNO. The van der Waals surface area contributed by atoms with Crippen LogP contribution in [0, 0.1) is 19.7 Å². The number of nitrogens with zero attached hydrogens (tertiary/aromatic N) is 1. The van der Waals surface area contributed by atoms with Crippen LogP contribution in [-0.2, 0) is 6.61 Å². The average Bonchev–Trinajstić information content (AvgIpc) is 2.34. The van der Waals surface area contributed by atoms with Crippen molar-refractivity contribution >= 4 is 0 Å². The number of hydrogen-bond donors (Lipinski definition) is 1. The van der Waals surface area contributed by atoms with Gasteiger partial charge in [-0.15, -0.1) is 0 Å². The molecule has 2 rings (SSSR count). The molecular weight excluding hydrogens is 217 g/mol. The summed E-state index contributed by atoms with van der Waals surface area (Å²) in [7, 11) is 0. The Bertz CT molecular complexity index is 552. The maximum atomic E-state index is 13.2. The van der Waals surface area contributed by atoms with Gasteiger partial charge in [-0.25, -0.2) is 4.39 Å². The first-order valence-corrected chi connectivity index (χ1v) is 5.45. The first-order valence-electron chi connectivity index (χ1n) is 5.45. The van der Waals surface area contributed by atoms with Crippen molar-refractivity contribution in [2.45, 2.75) is 20.5 Å². The molecule has 0 fully saturated rings. The Morgan fingerprint density at radius 3 is 2.76 bits per heavy atom. The molecule has 0 amide bonds. The van der Waals surface area contributed by atoms with Gasteiger partial charge >= 0.3 is 0 Å². The Morgan fingerprint density at radius 1 is 1.29 bits per heavy atom. The third-order valence-corrected chi connectivity index (χ3v) is 2.99. The van der Waals surface area contributed by atoms with Crippen LogP contribution < -0.4 is 0 Å². The van der Waals surface area contributed by atoms with Crippen LogP contribution in [0.3, 0.4) is 0 Å². The van der Waals surface area contributed by atoms with Crippen LogP contribution in [0.15, 0.2) is 30.5 Å². The largest absolute Gasteiger partial charge is 0.392 e. The summed E-state index contributed by atoms with van der Waals surface area (Å²) in [6.45, 7) is 3.72. The molecule has 0 spiro atoms. The summed E-state index contributed by atoms with van der Waals surface area (Å²) in [6.07, 6.45) is 1.16. The number of rotatable bonds is 2. The molecule has 1 heterocycles. The van der Waals surface area contributed by atoms with E-state index in [-0.39, 0.29) is 12.2 Å². The number of halogens is 1. The number of hydrogen-bond acceptors (Lipinski definition) is 2. The fourth-order valence-electron chi connectivity index (χ4n) is 1.78. The molecule has 0 radical (unpaired) electrons. The molecule has 1 aromatic heterocycles. The molecule has 0 atom stereocenters. The van der Waals surface area contributed by atoms with Gasteiger partial charge in [-0.3, -0.25) is 4.98 Å². The first-order chi connectivity index (χ1) is 8.13. The second-order valence-corrected chi connectivity index (χ2v) is 4.07. The summed E-state index contributed by atoms with van der Waals surface area (Å²) >= 11 is 0. The van der Waals surface area contributed by atoms with Gasteiger partial charge in [0.15, 0.2) is 0 Å². The zero-order chi connectivity index (χ0) is 12.4. The van der Waals surface area contributed by atoms with E-state index in [0.717, 1.165) is 17.3 Å². The van der Waals surface area contributed by atoms with Crippen LogP contribution in [0.4, 0.5) is 4.39 Å². The quantitative estimate of drug-likeness (QED) is 0.861. The Hall–Kier alpha value is -1.74. The van der Waals surface area contributed by atoms with Gasteiger partial charge in [0.2, 0.25) is 0 Å². The normalized spacial score (nSPS) is 10.6. The number of benzene rings is 1. The molecule has 0 aliphatic rings. The van der Waals surface area contributed by atoms with Gasteiger partial charge < -0.3 is 5.11 Å². The van der Waals surface area contributed by atoms with Crippen LogP contribution >= 0.6 is 0 Å². The molecule has 88 valence electrons. The number of pyridine rings is 1. The minimum absolute atomic E-state index is 0.274. The fraction of sp³-hybridized carbons (Fsp3) is 0.214. The topological polar surface area (TPSA) is 33.1 Å². The molecule has 2 aromatic rings. The van der Waals surface area contributed by atoms with Gasteiger partial charge in [0.1, 0.15) is 5.82 Å². The molecule has 2 nitrogen and oxygen atoms in total. The Morgan fingerprint density at radius 2 is 2.06 bits per heavy atom. The lowest BCUT2D eigenvalue weighted by Gasteiger charge is -2.09. The molecule has 0 aliphatic carbocycles.